The molecule has 0 saturated carbocycles. The number of fused-ring (bicyclic) bond motifs is 3. The third kappa shape index (κ3) is 5.80. The molecule has 0 bridgehead atoms. The average molecular weight is 603 g/mol. The van der Waals surface area contributed by atoms with E-state index in [1.165, 1.54) is 29.8 Å². The maximum absolute atomic E-state index is 13.9. The van der Waals surface area contributed by atoms with Gasteiger partial charge in [-0.25, -0.2) is 18.0 Å². The highest BCUT2D eigenvalue weighted by atomic mass is 32.2. The fourth-order valence-corrected chi connectivity index (χ4v) is 9.35. The third-order valence-corrected chi connectivity index (χ3v) is 10.9. The first-order valence-electron chi connectivity index (χ1n) is 12.9. The summed E-state index contributed by atoms with van der Waals surface area (Å²) in [4.78, 5) is 24.7. The molecular weight excluding hydrogens is 573 g/mol. The maximum Gasteiger partial charge on any atom is 0.351 e. The number of hydrogen-bond donors (Lipinski definition) is 1. The fraction of sp³-hybridized carbons (Fsp3) is 0.357. The summed E-state index contributed by atoms with van der Waals surface area (Å²) in [6.07, 6.45) is 1.42. The molecule has 1 aliphatic rings. The van der Waals surface area contributed by atoms with Crippen molar-refractivity contribution in [3.05, 3.63) is 59.0 Å². The van der Waals surface area contributed by atoms with Crippen molar-refractivity contribution in [3.8, 4) is 5.75 Å². The number of carbonyl (C=O) groups is 2. The second-order valence-electron chi connectivity index (χ2n) is 9.31. The van der Waals surface area contributed by atoms with Crippen LogP contribution >= 0.6 is 22.7 Å². The lowest BCUT2D eigenvalue weighted by Crippen LogP contribution is -2.46. The first-order valence-corrected chi connectivity index (χ1v) is 16.2. The molecule has 40 heavy (non-hydrogen) atoms. The zero-order chi connectivity index (χ0) is 28.3. The molecule has 12 heteroatoms. The van der Waals surface area contributed by atoms with E-state index in [9.17, 15) is 18.0 Å². The number of sulfonamides is 1. The number of nitrogens with zero attached hydrogens (tertiary/aromatic N) is 1. The van der Waals surface area contributed by atoms with Crippen molar-refractivity contribution >= 4 is 69.8 Å². The van der Waals surface area contributed by atoms with Gasteiger partial charge in [0.15, 0.2) is 17.2 Å². The van der Waals surface area contributed by atoms with Gasteiger partial charge in [0.05, 0.1) is 34.6 Å². The van der Waals surface area contributed by atoms with E-state index in [0.29, 0.717) is 23.2 Å². The van der Waals surface area contributed by atoms with Crippen LogP contribution in [-0.4, -0.2) is 59.8 Å². The molecule has 212 valence electrons. The minimum absolute atomic E-state index is 0.0936. The van der Waals surface area contributed by atoms with E-state index in [1.54, 1.807) is 11.2 Å². The first kappa shape index (κ1) is 28.3. The van der Waals surface area contributed by atoms with Crippen LogP contribution in [-0.2, 0) is 30.0 Å². The molecule has 2 aromatic heterocycles. The molecule has 5 rings (SSSR count). The van der Waals surface area contributed by atoms with Gasteiger partial charge >= 0.3 is 11.9 Å². The quantitative estimate of drug-likeness (QED) is 0.254. The summed E-state index contributed by atoms with van der Waals surface area (Å²) in [6, 6.07) is 14.7. The predicted molar refractivity (Wildman–Crippen MR) is 158 cm³/mol. The average Bonchev–Trinajstić information content (AvgIpc) is 3.48. The van der Waals surface area contributed by atoms with Crippen LogP contribution < -0.4 is 14.4 Å². The standard InChI is InChI=1S/C28H30N2O7S3/c1-3-36-23(31)16-37-24-26-25(39-27(24)28(32)35-2)21-10-9-20(15-22(21)38-26)30(19-11-13-29-14-12-19)40(33,34)17-18-7-5-4-6-8-18/h4-10,15,19,29H,3,11-14,16-17H2,1-2H3. The van der Waals surface area contributed by atoms with Crippen LogP contribution in [0.1, 0.15) is 35.0 Å². The fourth-order valence-electron chi connectivity index (χ4n) is 4.89. The van der Waals surface area contributed by atoms with E-state index in [0.717, 1.165) is 33.4 Å². The molecule has 1 saturated heterocycles. The summed E-state index contributed by atoms with van der Waals surface area (Å²) >= 11 is 2.61. The van der Waals surface area contributed by atoms with E-state index in [1.807, 2.05) is 48.5 Å². The molecule has 4 aromatic rings. The molecule has 0 atom stereocenters. The number of thiophene rings is 2. The largest absolute Gasteiger partial charge is 0.479 e. The Balaban J connectivity index is 1.57. The van der Waals surface area contributed by atoms with Crippen LogP contribution in [0.15, 0.2) is 48.5 Å². The van der Waals surface area contributed by atoms with Crippen molar-refractivity contribution in [1.82, 2.24) is 5.32 Å². The number of methoxy groups -OCH3 is 1. The van der Waals surface area contributed by atoms with Crippen molar-refractivity contribution in [2.24, 2.45) is 0 Å². The van der Waals surface area contributed by atoms with Gasteiger partial charge in [-0.2, -0.15) is 0 Å². The Kier molecular flexibility index (Phi) is 8.60. The van der Waals surface area contributed by atoms with Gasteiger partial charge in [0, 0.05) is 16.1 Å². The van der Waals surface area contributed by atoms with Crippen LogP contribution in [0, 0.1) is 0 Å². The summed E-state index contributed by atoms with van der Waals surface area (Å²) in [6.45, 7) is 3.08. The molecule has 0 aliphatic carbocycles. The van der Waals surface area contributed by atoms with Gasteiger partial charge in [0.1, 0.15) is 0 Å². The summed E-state index contributed by atoms with van der Waals surface area (Å²) in [7, 11) is -2.40. The highest BCUT2D eigenvalue weighted by Crippen LogP contribution is 2.48. The molecule has 1 fully saturated rings. The second-order valence-corrected chi connectivity index (χ2v) is 13.2. The van der Waals surface area contributed by atoms with Crippen LogP contribution in [0.2, 0.25) is 0 Å². The Hall–Kier alpha value is -3.19. The van der Waals surface area contributed by atoms with Gasteiger partial charge in [-0.15, -0.1) is 22.7 Å². The Morgan fingerprint density at radius 2 is 1.80 bits per heavy atom. The number of nitrogens with one attached hydrogen (secondary N) is 1. The number of rotatable bonds is 10. The number of piperidine rings is 1. The van der Waals surface area contributed by atoms with Gasteiger partial charge in [-0.05, 0) is 56.6 Å². The summed E-state index contributed by atoms with van der Waals surface area (Å²) in [5.74, 6) is -0.915. The van der Waals surface area contributed by atoms with Crippen molar-refractivity contribution in [1.29, 1.82) is 0 Å². The van der Waals surface area contributed by atoms with E-state index in [-0.39, 0.29) is 35.6 Å². The highest BCUT2D eigenvalue weighted by Gasteiger charge is 2.32. The molecule has 1 N–H and O–H groups in total. The van der Waals surface area contributed by atoms with Gasteiger partial charge in [-0.3, -0.25) is 4.31 Å². The normalized spacial score (nSPS) is 14.3. The number of esters is 2. The number of hydrogen-bond acceptors (Lipinski definition) is 10. The maximum atomic E-state index is 13.9. The van der Waals surface area contributed by atoms with Crippen molar-refractivity contribution in [2.75, 3.05) is 37.7 Å². The van der Waals surface area contributed by atoms with Gasteiger partial charge in [-0.1, -0.05) is 30.3 Å². The topological polar surface area (TPSA) is 111 Å². The van der Waals surface area contributed by atoms with Gasteiger partial charge in [0.2, 0.25) is 10.0 Å². The molecule has 0 amide bonds. The second kappa shape index (κ2) is 12.1. The minimum atomic E-state index is -3.69. The van der Waals surface area contributed by atoms with Crippen molar-refractivity contribution in [2.45, 2.75) is 31.6 Å². The van der Waals surface area contributed by atoms with Gasteiger partial charge < -0.3 is 19.5 Å². The van der Waals surface area contributed by atoms with E-state index in [4.69, 9.17) is 14.2 Å². The van der Waals surface area contributed by atoms with Crippen molar-refractivity contribution < 1.29 is 32.2 Å². The molecule has 2 aromatic carbocycles. The Morgan fingerprint density at radius 3 is 2.50 bits per heavy atom. The molecule has 3 heterocycles. The molecular formula is C28H30N2O7S3. The van der Waals surface area contributed by atoms with E-state index in [2.05, 4.69) is 5.32 Å². The third-order valence-electron chi connectivity index (χ3n) is 6.64. The van der Waals surface area contributed by atoms with Gasteiger partial charge in [0.25, 0.3) is 0 Å². The first-order chi connectivity index (χ1) is 19.3. The minimum Gasteiger partial charge on any atom is -0.479 e. The molecule has 1 aliphatic heterocycles. The Morgan fingerprint density at radius 1 is 1.05 bits per heavy atom. The van der Waals surface area contributed by atoms with Crippen LogP contribution in [0.4, 0.5) is 5.69 Å². The predicted octanol–water partition coefficient (Wildman–Crippen LogP) is 4.93. The monoisotopic (exact) mass is 602 g/mol. The number of ether oxygens (including phenoxy) is 3. The lowest BCUT2D eigenvalue weighted by Gasteiger charge is -2.35. The zero-order valence-corrected chi connectivity index (χ0v) is 24.6. The van der Waals surface area contributed by atoms with Crippen LogP contribution in [0.5, 0.6) is 5.75 Å². The lowest BCUT2D eigenvalue weighted by atomic mass is 10.1. The molecule has 0 spiro atoms. The molecule has 0 unspecified atom stereocenters. The molecule has 0 radical (unpaired) electrons. The number of benzene rings is 2. The SMILES string of the molecule is CCOC(=O)COc1c(C(=O)OC)sc2c1sc1cc(N(C3CCNCC3)S(=O)(=O)Cc3ccccc3)ccc12. The summed E-state index contributed by atoms with van der Waals surface area (Å²) in [5.41, 5.74) is 1.34. The van der Waals surface area contributed by atoms with E-state index < -0.39 is 22.0 Å². The number of carbonyl (C=O) groups excluding carboxylic acids is 2. The smallest absolute Gasteiger partial charge is 0.351 e. The van der Waals surface area contributed by atoms with Crippen LogP contribution in [0.25, 0.3) is 19.5 Å². The highest BCUT2D eigenvalue weighted by molar-refractivity contribution is 7.92. The summed E-state index contributed by atoms with van der Waals surface area (Å²) in [5, 5.41) is 4.19. The van der Waals surface area contributed by atoms with Crippen molar-refractivity contribution in [3.63, 3.8) is 0 Å². The van der Waals surface area contributed by atoms with E-state index >= 15 is 0 Å². The van der Waals surface area contributed by atoms with Crippen LogP contribution in [0.3, 0.4) is 0 Å². The zero-order valence-electron chi connectivity index (χ0n) is 22.2. The Labute approximate surface area is 240 Å². The Bertz CT molecular complexity index is 1620. The molecule has 9 nitrogen and oxygen atoms in total. The lowest BCUT2D eigenvalue weighted by molar-refractivity contribution is -0.145. The summed E-state index contributed by atoms with van der Waals surface area (Å²) < 4.78 is 47.4. The number of anilines is 1.